The van der Waals surface area contributed by atoms with Crippen molar-refractivity contribution < 1.29 is 19.8 Å². The molecule has 0 aliphatic heterocycles. The molecule has 1 saturated carbocycles. The molecule has 0 aromatic carbocycles. The first-order valence-electron chi connectivity index (χ1n) is 8.04. The van der Waals surface area contributed by atoms with Crippen LogP contribution in [0.5, 0.6) is 0 Å². The molecule has 21 heavy (non-hydrogen) atoms. The molecule has 1 fully saturated rings. The van der Waals surface area contributed by atoms with E-state index >= 15 is 0 Å². The Kier molecular flexibility index (Phi) is 5.46. The van der Waals surface area contributed by atoms with Gasteiger partial charge in [-0.05, 0) is 49.9 Å². The van der Waals surface area contributed by atoms with Crippen molar-refractivity contribution in [2.24, 2.45) is 28.6 Å². The summed E-state index contributed by atoms with van der Waals surface area (Å²) in [6.07, 6.45) is 2.62. The topological polar surface area (TPSA) is 74.6 Å². The summed E-state index contributed by atoms with van der Waals surface area (Å²) in [5, 5.41) is 19.9. The standard InChI is InChI=1S/C17H30O4/c1-11(2)8-16(14(18)19)7-6-13(5)10-17(16,15(20)21)9-12(3)4/h11-13H,6-10H2,1-5H3,(H,18,19)(H,20,21). The molecule has 0 radical (unpaired) electrons. The summed E-state index contributed by atoms with van der Waals surface area (Å²) in [4.78, 5) is 24.4. The van der Waals surface area contributed by atoms with Gasteiger partial charge >= 0.3 is 11.9 Å². The van der Waals surface area contributed by atoms with Crippen LogP contribution in [0.4, 0.5) is 0 Å². The van der Waals surface area contributed by atoms with Crippen molar-refractivity contribution in [3.8, 4) is 0 Å². The van der Waals surface area contributed by atoms with E-state index in [0.29, 0.717) is 25.7 Å². The Labute approximate surface area is 127 Å². The van der Waals surface area contributed by atoms with E-state index in [-0.39, 0.29) is 17.8 Å². The predicted molar refractivity (Wildman–Crippen MR) is 82.1 cm³/mol. The maximum atomic E-state index is 12.2. The molecule has 0 aromatic heterocycles. The summed E-state index contributed by atoms with van der Waals surface area (Å²) in [5.74, 6) is -1.26. The maximum Gasteiger partial charge on any atom is 0.310 e. The third-order valence-electron chi connectivity index (χ3n) is 5.01. The van der Waals surface area contributed by atoms with Crippen molar-refractivity contribution in [3.05, 3.63) is 0 Å². The van der Waals surface area contributed by atoms with Crippen LogP contribution in [-0.2, 0) is 9.59 Å². The van der Waals surface area contributed by atoms with Crippen molar-refractivity contribution in [3.63, 3.8) is 0 Å². The highest BCUT2D eigenvalue weighted by Gasteiger charge is 2.63. The van der Waals surface area contributed by atoms with Gasteiger partial charge in [0.25, 0.3) is 0 Å². The van der Waals surface area contributed by atoms with Crippen LogP contribution in [0.25, 0.3) is 0 Å². The molecule has 1 aliphatic rings. The molecule has 0 saturated heterocycles. The zero-order chi connectivity index (χ0) is 16.4. The van der Waals surface area contributed by atoms with Gasteiger partial charge in [0.1, 0.15) is 0 Å². The first-order valence-corrected chi connectivity index (χ1v) is 8.04. The van der Waals surface area contributed by atoms with Gasteiger partial charge in [-0.2, -0.15) is 0 Å². The third-order valence-corrected chi connectivity index (χ3v) is 5.01. The lowest BCUT2D eigenvalue weighted by atomic mass is 9.49. The largest absolute Gasteiger partial charge is 0.481 e. The number of hydrogen-bond donors (Lipinski definition) is 2. The quantitative estimate of drug-likeness (QED) is 0.776. The summed E-state index contributed by atoms with van der Waals surface area (Å²) in [7, 11) is 0. The second kappa shape index (κ2) is 6.37. The van der Waals surface area contributed by atoms with Crippen molar-refractivity contribution >= 4 is 11.9 Å². The van der Waals surface area contributed by atoms with Crippen LogP contribution in [-0.4, -0.2) is 22.2 Å². The molecule has 3 atom stereocenters. The van der Waals surface area contributed by atoms with Crippen molar-refractivity contribution in [1.29, 1.82) is 0 Å². The fourth-order valence-electron chi connectivity index (χ4n) is 4.37. The number of hydrogen-bond acceptors (Lipinski definition) is 2. The zero-order valence-corrected chi connectivity index (χ0v) is 14.0. The molecule has 4 heteroatoms. The minimum Gasteiger partial charge on any atom is -0.481 e. The van der Waals surface area contributed by atoms with E-state index in [9.17, 15) is 19.8 Å². The van der Waals surface area contributed by atoms with E-state index in [2.05, 4.69) is 0 Å². The molecule has 1 aliphatic carbocycles. The smallest absolute Gasteiger partial charge is 0.310 e. The zero-order valence-electron chi connectivity index (χ0n) is 14.0. The van der Waals surface area contributed by atoms with Crippen molar-refractivity contribution in [2.45, 2.75) is 66.7 Å². The Hall–Kier alpha value is -1.06. The highest BCUT2D eigenvalue weighted by molar-refractivity contribution is 5.87. The maximum absolute atomic E-state index is 12.2. The van der Waals surface area contributed by atoms with Gasteiger partial charge in [0, 0.05) is 0 Å². The molecule has 2 N–H and O–H groups in total. The highest BCUT2D eigenvalue weighted by Crippen LogP contribution is 2.58. The summed E-state index contributed by atoms with van der Waals surface area (Å²) < 4.78 is 0. The molecule has 0 amide bonds. The number of carboxylic acids is 2. The summed E-state index contributed by atoms with van der Waals surface area (Å²) in [6.45, 7) is 9.95. The lowest BCUT2D eigenvalue weighted by Gasteiger charge is -2.51. The van der Waals surface area contributed by atoms with Crippen LogP contribution in [0.2, 0.25) is 0 Å². The van der Waals surface area contributed by atoms with Crippen LogP contribution in [0.3, 0.4) is 0 Å². The minimum absolute atomic E-state index is 0.164. The molecule has 0 bridgehead atoms. The fourth-order valence-corrected chi connectivity index (χ4v) is 4.37. The van der Waals surface area contributed by atoms with E-state index in [1.807, 2.05) is 34.6 Å². The molecule has 122 valence electrons. The monoisotopic (exact) mass is 298 g/mol. The normalized spacial score (nSPS) is 33.4. The van der Waals surface area contributed by atoms with E-state index in [1.54, 1.807) is 0 Å². The summed E-state index contributed by atoms with van der Waals surface area (Å²) >= 11 is 0. The minimum atomic E-state index is -1.14. The number of carboxylic acid groups (broad SMARTS) is 2. The van der Waals surface area contributed by atoms with Gasteiger partial charge in [-0.15, -0.1) is 0 Å². The van der Waals surface area contributed by atoms with Crippen LogP contribution in [0.1, 0.15) is 66.7 Å². The third kappa shape index (κ3) is 3.24. The van der Waals surface area contributed by atoms with E-state index in [4.69, 9.17) is 0 Å². The van der Waals surface area contributed by atoms with Gasteiger partial charge in [-0.3, -0.25) is 9.59 Å². The van der Waals surface area contributed by atoms with E-state index in [1.165, 1.54) is 0 Å². The summed E-state index contributed by atoms with van der Waals surface area (Å²) in [6, 6.07) is 0. The molecule has 0 heterocycles. The first kappa shape index (κ1) is 18.0. The van der Waals surface area contributed by atoms with Crippen LogP contribution in [0, 0.1) is 28.6 Å². The van der Waals surface area contributed by atoms with Gasteiger partial charge in [0.2, 0.25) is 0 Å². The molecule has 3 unspecified atom stereocenters. The lowest BCUT2D eigenvalue weighted by molar-refractivity contribution is -0.187. The SMILES string of the molecule is CC(C)CC1(C(=O)O)CCC(C)CC1(CC(C)C)C(=O)O. The molecular weight excluding hydrogens is 268 g/mol. The second-order valence-electron chi connectivity index (χ2n) is 7.82. The predicted octanol–water partition coefficient (Wildman–Crippen LogP) is 4.04. The number of aliphatic carboxylic acids is 2. The van der Waals surface area contributed by atoms with Crippen molar-refractivity contribution in [1.82, 2.24) is 0 Å². The molecule has 1 rings (SSSR count). The van der Waals surface area contributed by atoms with Gasteiger partial charge in [0.05, 0.1) is 10.8 Å². The molecule has 0 aromatic rings. The van der Waals surface area contributed by atoms with Crippen molar-refractivity contribution in [2.75, 3.05) is 0 Å². The Morgan fingerprint density at radius 3 is 1.81 bits per heavy atom. The van der Waals surface area contributed by atoms with Gasteiger partial charge in [0.15, 0.2) is 0 Å². The number of carbonyl (C=O) groups is 2. The summed E-state index contributed by atoms with van der Waals surface area (Å²) in [5.41, 5.74) is -2.28. The van der Waals surface area contributed by atoms with Crippen LogP contribution in [0.15, 0.2) is 0 Å². The van der Waals surface area contributed by atoms with E-state index < -0.39 is 22.8 Å². The Bertz CT molecular complexity index is 398. The first-order chi connectivity index (χ1) is 9.57. The van der Waals surface area contributed by atoms with Gasteiger partial charge in [-0.1, -0.05) is 34.6 Å². The average Bonchev–Trinajstić information content (AvgIpc) is 2.30. The molecular formula is C17H30O4. The fraction of sp³-hybridized carbons (Fsp3) is 0.882. The second-order valence-corrected chi connectivity index (χ2v) is 7.82. The highest BCUT2D eigenvalue weighted by atomic mass is 16.4. The average molecular weight is 298 g/mol. The molecule has 0 spiro atoms. The lowest BCUT2D eigenvalue weighted by Crippen LogP contribution is -2.57. The van der Waals surface area contributed by atoms with E-state index in [0.717, 1.165) is 6.42 Å². The van der Waals surface area contributed by atoms with Gasteiger partial charge < -0.3 is 10.2 Å². The van der Waals surface area contributed by atoms with Crippen LogP contribution >= 0.6 is 0 Å². The Morgan fingerprint density at radius 1 is 1.00 bits per heavy atom. The Morgan fingerprint density at radius 2 is 1.43 bits per heavy atom. The Balaban J connectivity index is 3.45. The number of rotatable bonds is 6. The van der Waals surface area contributed by atoms with Gasteiger partial charge in [-0.25, -0.2) is 0 Å². The molecule has 4 nitrogen and oxygen atoms in total. The van der Waals surface area contributed by atoms with Crippen LogP contribution < -0.4 is 0 Å².